The molecule has 5 heteroatoms. The first-order chi connectivity index (χ1) is 15.0. The normalized spacial score (nSPS) is 14.4. The fourth-order valence-corrected chi connectivity index (χ4v) is 4.68. The number of anilines is 1. The molecule has 2 aromatic carbocycles. The van der Waals surface area contributed by atoms with Gasteiger partial charge >= 0.3 is 0 Å². The van der Waals surface area contributed by atoms with Gasteiger partial charge in [-0.1, -0.05) is 73.3 Å². The first-order valence-electron chi connectivity index (χ1n) is 10.9. The molecule has 160 valence electrons. The summed E-state index contributed by atoms with van der Waals surface area (Å²) in [4.78, 5) is 26.4. The van der Waals surface area contributed by atoms with E-state index in [0.29, 0.717) is 22.3 Å². The van der Waals surface area contributed by atoms with Crippen LogP contribution >= 0.6 is 11.6 Å². The van der Waals surface area contributed by atoms with E-state index in [0.717, 1.165) is 17.8 Å². The number of aryl methyl sites for hydroxylation is 1. The predicted molar refractivity (Wildman–Crippen MR) is 127 cm³/mol. The highest BCUT2D eigenvalue weighted by Crippen LogP contribution is 2.30. The summed E-state index contributed by atoms with van der Waals surface area (Å²) in [6.07, 6.45) is 6.13. The Morgan fingerprint density at radius 2 is 1.71 bits per heavy atom. The lowest BCUT2D eigenvalue weighted by atomic mass is 9.88. The molecule has 1 fully saturated rings. The van der Waals surface area contributed by atoms with Crippen LogP contribution in [0.1, 0.15) is 48.2 Å². The summed E-state index contributed by atoms with van der Waals surface area (Å²) in [6.45, 7) is 2.76. The fourth-order valence-electron chi connectivity index (χ4n) is 4.49. The zero-order valence-corrected chi connectivity index (χ0v) is 18.5. The molecule has 1 amide bonds. The molecule has 4 rings (SSSR count). The Labute approximate surface area is 187 Å². The first-order valence-corrected chi connectivity index (χ1v) is 11.3. The van der Waals surface area contributed by atoms with Gasteiger partial charge < -0.3 is 9.88 Å². The van der Waals surface area contributed by atoms with Gasteiger partial charge in [0.1, 0.15) is 5.56 Å². The van der Waals surface area contributed by atoms with Gasteiger partial charge in [-0.15, -0.1) is 0 Å². The summed E-state index contributed by atoms with van der Waals surface area (Å²) < 4.78 is 2.16. The molecule has 0 radical (unpaired) electrons. The first kappa shape index (κ1) is 21.4. The Kier molecular flexibility index (Phi) is 6.57. The third-order valence-corrected chi connectivity index (χ3v) is 6.41. The molecular formula is C26H27ClN2O2. The maximum absolute atomic E-state index is 13.4. The van der Waals surface area contributed by atoms with E-state index in [2.05, 4.69) is 9.88 Å². The number of carbonyl (C=O) groups is 1. The summed E-state index contributed by atoms with van der Waals surface area (Å²) in [6, 6.07) is 18.3. The van der Waals surface area contributed by atoms with Crippen LogP contribution in [-0.2, 0) is 6.54 Å². The Balaban J connectivity index is 1.83. The van der Waals surface area contributed by atoms with Gasteiger partial charge in [-0.25, -0.2) is 0 Å². The molecule has 1 aliphatic rings. The largest absolute Gasteiger partial charge is 0.344 e. The molecule has 0 atom stereocenters. The topological polar surface area (TPSA) is 51.1 Å². The van der Waals surface area contributed by atoms with Crippen molar-refractivity contribution in [2.75, 3.05) is 5.32 Å². The third-order valence-electron chi connectivity index (χ3n) is 6.08. The van der Waals surface area contributed by atoms with Crippen LogP contribution < -0.4 is 10.7 Å². The molecule has 0 saturated heterocycles. The summed E-state index contributed by atoms with van der Waals surface area (Å²) >= 11 is 6.24. The van der Waals surface area contributed by atoms with Gasteiger partial charge in [0.15, 0.2) is 5.43 Å². The number of amides is 1. The third kappa shape index (κ3) is 4.75. The Morgan fingerprint density at radius 3 is 2.42 bits per heavy atom. The molecule has 1 N–H and O–H groups in total. The number of rotatable bonds is 5. The van der Waals surface area contributed by atoms with Crippen molar-refractivity contribution in [1.82, 2.24) is 4.57 Å². The van der Waals surface area contributed by atoms with Crippen LogP contribution in [-0.4, -0.2) is 10.5 Å². The fraction of sp³-hybridized carbons (Fsp3) is 0.308. The molecule has 1 aliphatic carbocycles. The quantitative estimate of drug-likeness (QED) is 0.511. The molecule has 1 heterocycles. The van der Waals surface area contributed by atoms with Gasteiger partial charge in [0.25, 0.3) is 5.91 Å². The molecule has 1 aromatic heterocycles. The van der Waals surface area contributed by atoms with Crippen molar-refractivity contribution in [3.63, 3.8) is 0 Å². The second-order valence-electron chi connectivity index (χ2n) is 8.29. The second-order valence-corrected chi connectivity index (χ2v) is 8.70. The highest BCUT2D eigenvalue weighted by atomic mass is 35.5. The molecule has 1 saturated carbocycles. The maximum Gasteiger partial charge on any atom is 0.261 e. The zero-order valence-electron chi connectivity index (χ0n) is 17.7. The minimum atomic E-state index is -0.436. The highest BCUT2D eigenvalue weighted by Gasteiger charge is 2.24. The standard InChI is InChI=1S/C26H27ClN2O2/c1-18-16-23(30)24(26(31)28-22-15-9-8-14-21(22)27)25(20-12-6-3-7-13-20)29(18)17-19-10-4-2-5-11-19/h3,6-9,12-16,19H,2,4-5,10-11,17H2,1H3,(H,28,31). The van der Waals surface area contributed by atoms with Gasteiger partial charge in [-0.05, 0) is 43.4 Å². The smallest absolute Gasteiger partial charge is 0.261 e. The number of hydrogen-bond donors (Lipinski definition) is 1. The molecule has 3 aromatic rings. The van der Waals surface area contributed by atoms with Crippen LogP contribution in [0.15, 0.2) is 65.5 Å². The van der Waals surface area contributed by atoms with Crippen molar-refractivity contribution in [3.05, 3.63) is 87.2 Å². The molecule has 0 spiro atoms. The van der Waals surface area contributed by atoms with Crippen molar-refractivity contribution < 1.29 is 4.79 Å². The molecule has 31 heavy (non-hydrogen) atoms. The lowest BCUT2D eigenvalue weighted by Gasteiger charge is -2.27. The van der Waals surface area contributed by atoms with Crippen molar-refractivity contribution in [2.24, 2.45) is 5.92 Å². The van der Waals surface area contributed by atoms with Gasteiger partial charge in [-0.3, -0.25) is 9.59 Å². The number of carbonyl (C=O) groups excluding carboxylic acids is 1. The van der Waals surface area contributed by atoms with Crippen LogP contribution in [0.3, 0.4) is 0 Å². The summed E-state index contributed by atoms with van der Waals surface area (Å²) in [5.41, 5.74) is 2.80. The number of nitrogens with one attached hydrogen (secondary N) is 1. The van der Waals surface area contributed by atoms with E-state index in [-0.39, 0.29) is 11.0 Å². The Morgan fingerprint density at radius 1 is 1.03 bits per heavy atom. The molecule has 0 unspecified atom stereocenters. The van der Waals surface area contributed by atoms with Crippen molar-refractivity contribution in [1.29, 1.82) is 0 Å². The maximum atomic E-state index is 13.4. The Bertz CT molecular complexity index is 1130. The second kappa shape index (κ2) is 9.52. The summed E-state index contributed by atoms with van der Waals surface area (Å²) in [5, 5.41) is 3.28. The van der Waals surface area contributed by atoms with Crippen LogP contribution in [0.4, 0.5) is 5.69 Å². The lowest BCUT2D eigenvalue weighted by molar-refractivity contribution is 0.102. The van der Waals surface area contributed by atoms with E-state index in [9.17, 15) is 9.59 Å². The Hall–Kier alpha value is -2.85. The minimum Gasteiger partial charge on any atom is -0.344 e. The summed E-state index contributed by atoms with van der Waals surface area (Å²) in [5.74, 6) is 0.117. The average molecular weight is 435 g/mol. The minimum absolute atomic E-state index is 0.160. The number of aromatic nitrogens is 1. The molecule has 0 bridgehead atoms. The van der Waals surface area contributed by atoms with E-state index in [1.165, 1.54) is 32.1 Å². The monoisotopic (exact) mass is 434 g/mol. The molecule has 4 nitrogen and oxygen atoms in total. The number of pyridine rings is 1. The van der Waals surface area contributed by atoms with Crippen molar-refractivity contribution in [3.8, 4) is 11.3 Å². The number of nitrogens with zero attached hydrogens (tertiary/aromatic N) is 1. The van der Waals surface area contributed by atoms with Crippen molar-refractivity contribution in [2.45, 2.75) is 45.6 Å². The van der Waals surface area contributed by atoms with Gasteiger partial charge in [0.05, 0.1) is 16.4 Å². The zero-order chi connectivity index (χ0) is 21.8. The van der Waals surface area contributed by atoms with E-state index >= 15 is 0 Å². The predicted octanol–water partition coefficient (Wildman–Crippen LogP) is 6.31. The molecule has 0 aliphatic heterocycles. The van der Waals surface area contributed by atoms with E-state index in [1.807, 2.05) is 37.3 Å². The average Bonchev–Trinajstić information content (AvgIpc) is 2.78. The van der Waals surface area contributed by atoms with Crippen LogP contribution in [0, 0.1) is 12.8 Å². The van der Waals surface area contributed by atoms with Crippen LogP contribution in [0.25, 0.3) is 11.3 Å². The number of para-hydroxylation sites is 1. The van der Waals surface area contributed by atoms with Gasteiger partial charge in [0.2, 0.25) is 0 Å². The van der Waals surface area contributed by atoms with E-state index < -0.39 is 5.91 Å². The number of halogens is 1. The van der Waals surface area contributed by atoms with E-state index in [1.54, 1.807) is 30.3 Å². The molecular weight excluding hydrogens is 408 g/mol. The van der Waals surface area contributed by atoms with E-state index in [4.69, 9.17) is 11.6 Å². The van der Waals surface area contributed by atoms with Gasteiger partial charge in [-0.2, -0.15) is 0 Å². The van der Waals surface area contributed by atoms with Crippen molar-refractivity contribution >= 4 is 23.2 Å². The number of hydrogen-bond acceptors (Lipinski definition) is 2. The van der Waals surface area contributed by atoms with Crippen LogP contribution in [0.5, 0.6) is 0 Å². The number of benzene rings is 2. The lowest BCUT2D eigenvalue weighted by Crippen LogP contribution is -2.28. The summed E-state index contributed by atoms with van der Waals surface area (Å²) in [7, 11) is 0. The highest BCUT2D eigenvalue weighted by molar-refractivity contribution is 6.34. The SMILES string of the molecule is Cc1cc(=O)c(C(=O)Nc2ccccc2Cl)c(-c2ccccc2)n1CC1CCCCC1. The van der Waals surface area contributed by atoms with Gasteiger partial charge in [0, 0.05) is 18.3 Å². The van der Waals surface area contributed by atoms with Crippen LogP contribution in [0.2, 0.25) is 5.02 Å².